The van der Waals surface area contributed by atoms with Gasteiger partial charge >= 0.3 is 0 Å². The summed E-state index contributed by atoms with van der Waals surface area (Å²) in [6.45, 7) is 0.627. The highest BCUT2D eigenvalue weighted by molar-refractivity contribution is 5.84. The average molecular weight is 498 g/mol. The number of fused-ring (bicyclic) bond motifs is 1. The van der Waals surface area contributed by atoms with E-state index >= 15 is 0 Å². The Morgan fingerprint density at radius 3 is 2.43 bits per heavy atom. The van der Waals surface area contributed by atoms with Gasteiger partial charge in [0.2, 0.25) is 5.95 Å². The number of aromatic nitrogens is 4. The van der Waals surface area contributed by atoms with E-state index in [-0.39, 0.29) is 12.1 Å². The Hall–Kier alpha value is -3.65. The first-order chi connectivity index (χ1) is 18.1. The molecule has 8 nitrogen and oxygen atoms in total. The van der Waals surface area contributed by atoms with Crippen molar-refractivity contribution in [1.29, 1.82) is 0 Å². The maximum absolute atomic E-state index is 9.90. The SMILES string of the molecule is Nc1ccccc1-c1ccc(CNc2nc(NC3CCC(O)CC3)nc3c2ncn3C2CCCC2)cc1. The lowest BCUT2D eigenvalue weighted by molar-refractivity contribution is 0.126. The molecular weight excluding hydrogens is 462 g/mol. The van der Waals surface area contributed by atoms with Gasteiger partial charge in [-0.25, -0.2) is 4.98 Å². The molecule has 6 rings (SSSR count). The highest BCUT2D eigenvalue weighted by atomic mass is 16.3. The van der Waals surface area contributed by atoms with E-state index in [1.165, 1.54) is 25.7 Å². The second kappa shape index (κ2) is 10.4. The summed E-state index contributed by atoms with van der Waals surface area (Å²) in [7, 11) is 0. The van der Waals surface area contributed by atoms with Gasteiger partial charge in [0.25, 0.3) is 0 Å². The van der Waals surface area contributed by atoms with Crippen LogP contribution in [0.15, 0.2) is 54.9 Å². The molecule has 5 N–H and O–H groups in total. The van der Waals surface area contributed by atoms with E-state index in [1.807, 2.05) is 30.6 Å². The Morgan fingerprint density at radius 1 is 0.919 bits per heavy atom. The number of aliphatic hydroxyl groups excluding tert-OH is 1. The molecule has 2 fully saturated rings. The summed E-state index contributed by atoms with van der Waals surface area (Å²) in [4.78, 5) is 14.5. The molecule has 192 valence electrons. The molecule has 8 heteroatoms. The maximum atomic E-state index is 9.90. The fourth-order valence-electron chi connectivity index (χ4n) is 5.70. The lowest BCUT2D eigenvalue weighted by Gasteiger charge is -2.26. The van der Waals surface area contributed by atoms with Gasteiger partial charge in [0.15, 0.2) is 17.0 Å². The molecule has 2 saturated carbocycles. The second-order valence-electron chi connectivity index (χ2n) is 10.4. The first kappa shape index (κ1) is 23.7. The predicted octanol–water partition coefficient (Wildman–Crippen LogP) is 5.52. The standard InChI is InChI=1S/C29H35N7O/c30-25-8-4-3-7-24(25)20-11-9-19(10-12-20)17-31-27-26-28(36(18-32-26)22-5-1-2-6-22)35-29(34-27)33-21-13-15-23(37)16-14-21/h3-4,7-12,18,21-23,37H,1-2,5-6,13-17,30H2,(H2,31,33,34,35). The van der Waals surface area contributed by atoms with E-state index in [0.29, 0.717) is 18.5 Å². The summed E-state index contributed by atoms with van der Waals surface area (Å²) in [6.07, 6.45) is 10.1. The number of nitrogen functional groups attached to an aromatic ring is 1. The number of rotatable bonds is 7. The molecule has 2 aliphatic carbocycles. The minimum absolute atomic E-state index is 0.188. The van der Waals surface area contributed by atoms with Crippen molar-refractivity contribution in [1.82, 2.24) is 19.5 Å². The molecule has 2 aromatic heterocycles. The molecule has 4 aromatic rings. The van der Waals surface area contributed by atoms with Crippen LogP contribution in [0.1, 0.15) is 63.0 Å². The minimum atomic E-state index is -0.188. The van der Waals surface area contributed by atoms with Crippen molar-refractivity contribution < 1.29 is 5.11 Å². The number of imidazole rings is 1. The summed E-state index contributed by atoms with van der Waals surface area (Å²) < 4.78 is 2.24. The van der Waals surface area contributed by atoms with Crippen LogP contribution < -0.4 is 16.4 Å². The molecule has 0 saturated heterocycles. The van der Waals surface area contributed by atoms with Gasteiger partial charge < -0.3 is 26.0 Å². The van der Waals surface area contributed by atoms with Gasteiger partial charge in [-0.1, -0.05) is 55.3 Å². The monoisotopic (exact) mass is 497 g/mol. The van der Waals surface area contributed by atoms with E-state index in [0.717, 1.165) is 65.0 Å². The van der Waals surface area contributed by atoms with Crippen LogP contribution in [0.3, 0.4) is 0 Å². The number of anilines is 3. The molecule has 2 aromatic carbocycles. The zero-order valence-electron chi connectivity index (χ0n) is 21.1. The fraction of sp³-hybridized carbons (Fsp3) is 0.414. The lowest BCUT2D eigenvalue weighted by Crippen LogP contribution is -2.29. The molecule has 0 bridgehead atoms. The van der Waals surface area contributed by atoms with Crippen LogP contribution in [0.25, 0.3) is 22.3 Å². The molecule has 0 amide bonds. The third-order valence-corrected chi connectivity index (χ3v) is 7.86. The van der Waals surface area contributed by atoms with Crippen molar-refractivity contribution >= 4 is 28.6 Å². The number of nitrogens with two attached hydrogens (primary N) is 1. The topological polar surface area (TPSA) is 114 Å². The molecular formula is C29H35N7O. The van der Waals surface area contributed by atoms with E-state index < -0.39 is 0 Å². The van der Waals surface area contributed by atoms with Crippen LogP contribution >= 0.6 is 0 Å². The molecule has 2 aliphatic rings. The van der Waals surface area contributed by atoms with Crippen molar-refractivity contribution in [2.45, 2.75) is 76.1 Å². The van der Waals surface area contributed by atoms with Gasteiger partial charge in [0.1, 0.15) is 0 Å². The summed E-state index contributed by atoms with van der Waals surface area (Å²) in [5.41, 5.74) is 11.9. The number of hydrogen-bond acceptors (Lipinski definition) is 7. The molecule has 0 spiro atoms. The summed E-state index contributed by atoms with van der Waals surface area (Å²) in [5, 5.41) is 17.0. The number of hydrogen-bond donors (Lipinski definition) is 4. The van der Waals surface area contributed by atoms with Crippen LogP contribution in [-0.2, 0) is 6.54 Å². The smallest absolute Gasteiger partial charge is 0.227 e. The molecule has 0 radical (unpaired) electrons. The Balaban J connectivity index is 1.25. The highest BCUT2D eigenvalue weighted by Gasteiger charge is 2.24. The van der Waals surface area contributed by atoms with Crippen LogP contribution in [0, 0.1) is 0 Å². The number of aliphatic hydroxyl groups is 1. The third-order valence-electron chi connectivity index (χ3n) is 7.86. The van der Waals surface area contributed by atoms with Crippen LogP contribution in [0.5, 0.6) is 0 Å². The highest BCUT2D eigenvalue weighted by Crippen LogP contribution is 2.33. The summed E-state index contributed by atoms with van der Waals surface area (Å²) >= 11 is 0. The molecule has 37 heavy (non-hydrogen) atoms. The van der Waals surface area contributed by atoms with E-state index in [4.69, 9.17) is 20.7 Å². The van der Waals surface area contributed by atoms with E-state index in [9.17, 15) is 5.11 Å². The van der Waals surface area contributed by atoms with Crippen LogP contribution in [0.2, 0.25) is 0 Å². The molecule has 2 heterocycles. The first-order valence-corrected chi connectivity index (χ1v) is 13.5. The van der Waals surface area contributed by atoms with Gasteiger partial charge in [-0.05, 0) is 55.7 Å². The maximum Gasteiger partial charge on any atom is 0.227 e. The Kier molecular flexibility index (Phi) is 6.66. The van der Waals surface area contributed by atoms with Gasteiger partial charge in [-0.15, -0.1) is 0 Å². The Bertz CT molecular complexity index is 1350. The first-order valence-electron chi connectivity index (χ1n) is 13.5. The van der Waals surface area contributed by atoms with Crippen molar-refractivity contribution in [2.24, 2.45) is 0 Å². The predicted molar refractivity (Wildman–Crippen MR) is 148 cm³/mol. The summed E-state index contributed by atoms with van der Waals surface area (Å²) in [5.74, 6) is 1.38. The van der Waals surface area contributed by atoms with Crippen LogP contribution in [0.4, 0.5) is 17.5 Å². The number of para-hydroxylation sites is 1. The van der Waals surface area contributed by atoms with Crippen molar-refractivity contribution in [2.75, 3.05) is 16.4 Å². The van der Waals surface area contributed by atoms with Crippen molar-refractivity contribution in [3.05, 3.63) is 60.4 Å². The normalized spacial score (nSPS) is 20.4. The number of nitrogens with zero attached hydrogens (tertiary/aromatic N) is 4. The van der Waals surface area contributed by atoms with Crippen LogP contribution in [-0.4, -0.2) is 36.8 Å². The fourth-order valence-corrected chi connectivity index (χ4v) is 5.70. The average Bonchev–Trinajstić information content (AvgIpc) is 3.60. The van der Waals surface area contributed by atoms with Gasteiger partial charge in [-0.3, -0.25) is 0 Å². The second-order valence-corrected chi connectivity index (χ2v) is 10.4. The summed E-state index contributed by atoms with van der Waals surface area (Å²) in [6, 6.07) is 17.1. The minimum Gasteiger partial charge on any atom is -0.398 e. The van der Waals surface area contributed by atoms with Gasteiger partial charge in [0.05, 0.1) is 12.4 Å². The Labute approximate surface area is 217 Å². The molecule has 0 atom stereocenters. The molecule has 0 unspecified atom stereocenters. The molecule has 0 aliphatic heterocycles. The number of nitrogens with one attached hydrogen (secondary N) is 2. The largest absolute Gasteiger partial charge is 0.398 e. The lowest BCUT2D eigenvalue weighted by atomic mass is 9.93. The number of benzene rings is 2. The van der Waals surface area contributed by atoms with Gasteiger partial charge in [-0.2, -0.15) is 9.97 Å². The quantitative estimate of drug-likeness (QED) is 0.249. The van der Waals surface area contributed by atoms with E-state index in [1.54, 1.807) is 0 Å². The zero-order valence-corrected chi connectivity index (χ0v) is 21.1. The van der Waals surface area contributed by atoms with E-state index in [2.05, 4.69) is 39.5 Å². The zero-order chi connectivity index (χ0) is 25.2. The van der Waals surface area contributed by atoms with Crippen molar-refractivity contribution in [3.63, 3.8) is 0 Å². The van der Waals surface area contributed by atoms with Crippen molar-refractivity contribution in [3.8, 4) is 11.1 Å². The van der Waals surface area contributed by atoms with Gasteiger partial charge in [0, 0.05) is 29.9 Å². The third kappa shape index (κ3) is 5.11. The Morgan fingerprint density at radius 2 is 1.68 bits per heavy atom.